The van der Waals surface area contributed by atoms with Crippen LogP contribution in [0.4, 0.5) is 13.2 Å². The Labute approximate surface area is 326 Å². The van der Waals surface area contributed by atoms with Crippen LogP contribution in [0.5, 0.6) is 0 Å². The SMILES string of the molecule is CC(=O)OC[C@@](C)(C[C@@H](OC(=O)c1ccccc1)[C@H]1O[C@H]2C[C@H]3[C@@H]4CC[C@H]5C[C@@H](OC(C)=O)CC[C@]5(C)[C@H]4C[C@@H](OC(C)=O)[C@]3(C)[C@H]2[C@@H]1C)OC(=O)C(F)(F)F. The second kappa shape index (κ2) is 15.6. The van der Waals surface area contributed by atoms with Crippen molar-refractivity contribution in [2.75, 3.05) is 6.61 Å². The van der Waals surface area contributed by atoms with E-state index in [0.29, 0.717) is 24.7 Å². The molecule has 310 valence electrons. The van der Waals surface area contributed by atoms with Gasteiger partial charge in [-0.2, -0.15) is 13.2 Å². The Morgan fingerprint density at radius 1 is 0.893 bits per heavy atom. The van der Waals surface area contributed by atoms with Gasteiger partial charge in [0, 0.05) is 32.6 Å². The van der Waals surface area contributed by atoms with E-state index in [2.05, 4.69) is 13.8 Å². The number of hydrogen-bond acceptors (Lipinski definition) is 11. The zero-order chi connectivity index (χ0) is 41.0. The second-order valence-electron chi connectivity index (χ2n) is 17.8. The van der Waals surface area contributed by atoms with E-state index < -0.39 is 72.4 Å². The Kier molecular flexibility index (Phi) is 11.7. The van der Waals surface area contributed by atoms with E-state index >= 15 is 0 Å². The van der Waals surface area contributed by atoms with Crippen molar-refractivity contribution in [2.24, 2.45) is 46.3 Å². The van der Waals surface area contributed by atoms with Crippen molar-refractivity contribution in [1.29, 1.82) is 0 Å². The summed E-state index contributed by atoms with van der Waals surface area (Å²) in [6.45, 7) is 10.9. The number of esters is 5. The first-order valence-corrected chi connectivity index (χ1v) is 19.9. The van der Waals surface area contributed by atoms with Crippen LogP contribution in [-0.2, 0) is 47.6 Å². The Hall–Kier alpha value is -3.68. The van der Waals surface area contributed by atoms with Crippen molar-refractivity contribution in [2.45, 2.75) is 142 Å². The van der Waals surface area contributed by atoms with E-state index in [-0.39, 0.29) is 52.8 Å². The maximum absolute atomic E-state index is 13.6. The van der Waals surface area contributed by atoms with E-state index in [9.17, 15) is 37.1 Å². The fourth-order valence-corrected chi connectivity index (χ4v) is 12.0. The highest BCUT2D eigenvalue weighted by Gasteiger charge is 2.70. The van der Waals surface area contributed by atoms with Crippen LogP contribution in [0.3, 0.4) is 0 Å². The number of halogens is 3. The van der Waals surface area contributed by atoms with Gasteiger partial charge in [-0.05, 0) is 105 Å². The van der Waals surface area contributed by atoms with Gasteiger partial charge >= 0.3 is 36.0 Å². The molecule has 14 atom stereocenters. The highest BCUT2D eigenvalue weighted by molar-refractivity contribution is 5.89. The standard InChI is InChI=1S/C42H55F3O11/c1-22-35-32(18-31-29-14-13-27-17-28(52-24(3)47)15-16-40(27,6)30(29)19-34(41(31,35)7)53-25(4)48)54-36(22)33(55-37(49)26-11-9-8-10-12-26)20-39(5,21-51-23(2)46)56-38(50)42(43,44)45/h8-12,22,27-36H,13-21H2,1-7H3/t22-,27-,28-,29+,30-,31-,32-,33+,34+,35-,36-,39+,40-,41+/m0/s1. The average molecular weight is 793 g/mol. The van der Waals surface area contributed by atoms with E-state index in [0.717, 1.165) is 39.0 Å². The van der Waals surface area contributed by atoms with Crippen LogP contribution in [0.25, 0.3) is 0 Å². The van der Waals surface area contributed by atoms with Crippen molar-refractivity contribution in [3.05, 3.63) is 35.9 Å². The van der Waals surface area contributed by atoms with Crippen LogP contribution in [0, 0.1) is 46.3 Å². The fraction of sp³-hybridized carbons (Fsp3) is 0.738. The topological polar surface area (TPSA) is 141 Å². The molecule has 1 saturated heterocycles. The lowest BCUT2D eigenvalue weighted by molar-refractivity contribution is -0.221. The molecule has 1 aromatic rings. The summed E-state index contributed by atoms with van der Waals surface area (Å²) in [6, 6.07) is 8.09. The lowest BCUT2D eigenvalue weighted by Gasteiger charge is -2.62. The van der Waals surface area contributed by atoms with Crippen molar-refractivity contribution in [1.82, 2.24) is 0 Å². The van der Waals surface area contributed by atoms with Crippen LogP contribution in [-0.4, -0.2) is 78.8 Å². The monoisotopic (exact) mass is 792 g/mol. The number of carbonyl (C=O) groups is 5. The molecular weight excluding hydrogens is 737 g/mol. The molecule has 1 aliphatic heterocycles. The van der Waals surface area contributed by atoms with Gasteiger partial charge in [-0.3, -0.25) is 14.4 Å². The molecule has 14 heteroatoms. The lowest BCUT2D eigenvalue weighted by atomic mass is 9.43. The summed E-state index contributed by atoms with van der Waals surface area (Å²) >= 11 is 0. The van der Waals surface area contributed by atoms with Gasteiger partial charge in [0.2, 0.25) is 0 Å². The maximum atomic E-state index is 13.6. The van der Waals surface area contributed by atoms with E-state index in [1.54, 1.807) is 30.3 Å². The lowest BCUT2D eigenvalue weighted by Crippen LogP contribution is -2.60. The van der Waals surface area contributed by atoms with E-state index in [4.69, 9.17) is 28.4 Å². The molecule has 5 fully saturated rings. The van der Waals surface area contributed by atoms with Gasteiger partial charge < -0.3 is 28.4 Å². The van der Waals surface area contributed by atoms with Gasteiger partial charge in [0.25, 0.3) is 0 Å². The van der Waals surface area contributed by atoms with Gasteiger partial charge in [0.1, 0.15) is 30.5 Å². The smallest absolute Gasteiger partial charge is 0.463 e. The number of benzene rings is 1. The van der Waals surface area contributed by atoms with Crippen LogP contribution in [0.2, 0.25) is 0 Å². The van der Waals surface area contributed by atoms with Crippen LogP contribution in [0.15, 0.2) is 30.3 Å². The summed E-state index contributed by atoms with van der Waals surface area (Å²) in [5.41, 5.74) is -2.46. The third-order valence-corrected chi connectivity index (χ3v) is 14.3. The third kappa shape index (κ3) is 8.05. The van der Waals surface area contributed by atoms with Gasteiger partial charge in [0.05, 0.1) is 17.8 Å². The molecule has 0 radical (unpaired) electrons. The third-order valence-electron chi connectivity index (χ3n) is 14.3. The Morgan fingerprint density at radius 2 is 1.57 bits per heavy atom. The summed E-state index contributed by atoms with van der Waals surface area (Å²) in [6.07, 6.45) is -3.09. The number of ether oxygens (including phenoxy) is 6. The fourth-order valence-electron chi connectivity index (χ4n) is 12.0. The van der Waals surface area contributed by atoms with Gasteiger partial charge in [-0.15, -0.1) is 0 Å². The number of alkyl halides is 3. The minimum absolute atomic E-state index is 0.0387. The summed E-state index contributed by atoms with van der Waals surface area (Å²) in [7, 11) is 0. The summed E-state index contributed by atoms with van der Waals surface area (Å²) in [4.78, 5) is 62.3. The number of fused-ring (bicyclic) bond motifs is 7. The van der Waals surface area contributed by atoms with Crippen LogP contribution in [0.1, 0.15) is 110 Å². The Balaban J connectivity index is 1.31. The molecule has 56 heavy (non-hydrogen) atoms. The molecule has 11 nitrogen and oxygen atoms in total. The number of carbonyl (C=O) groups excluding carboxylic acids is 5. The minimum Gasteiger partial charge on any atom is -0.463 e. The van der Waals surface area contributed by atoms with Crippen LogP contribution >= 0.6 is 0 Å². The molecule has 0 unspecified atom stereocenters. The molecule has 5 aliphatic rings. The minimum atomic E-state index is -5.34. The largest absolute Gasteiger partial charge is 0.490 e. The molecular formula is C42H55F3O11. The molecule has 1 heterocycles. The normalized spacial score (nSPS) is 37.6. The van der Waals surface area contributed by atoms with Crippen molar-refractivity contribution >= 4 is 29.8 Å². The number of rotatable bonds is 10. The quantitative estimate of drug-likeness (QED) is 0.176. The van der Waals surface area contributed by atoms with Crippen LogP contribution < -0.4 is 0 Å². The maximum Gasteiger partial charge on any atom is 0.490 e. The Bertz CT molecular complexity index is 1670. The molecule has 0 N–H and O–H groups in total. The summed E-state index contributed by atoms with van der Waals surface area (Å²) < 4.78 is 75.6. The highest BCUT2D eigenvalue weighted by atomic mass is 19.4. The first-order chi connectivity index (χ1) is 26.2. The van der Waals surface area contributed by atoms with E-state index in [1.807, 2.05) is 6.92 Å². The van der Waals surface area contributed by atoms with Gasteiger partial charge in [0.15, 0.2) is 0 Å². The molecule has 1 aromatic carbocycles. The molecule has 0 bridgehead atoms. The first-order valence-electron chi connectivity index (χ1n) is 19.9. The Morgan fingerprint density at radius 3 is 2.20 bits per heavy atom. The molecule has 0 amide bonds. The van der Waals surface area contributed by atoms with E-state index in [1.165, 1.54) is 20.8 Å². The predicted octanol–water partition coefficient (Wildman–Crippen LogP) is 7.18. The summed E-state index contributed by atoms with van der Waals surface area (Å²) in [5, 5.41) is 0. The molecule has 0 aromatic heterocycles. The molecule has 4 saturated carbocycles. The number of hydrogen-bond donors (Lipinski definition) is 0. The zero-order valence-corrected chi connectivity index (χ0v) is 33.2. The highest BCUT2D eigenvalue weighted by Crippen LogP contribution is 2.70. The van der Waals surface area contributed by atoms with Crippen molar-refractivity contribution in [3.8, 4) is 0 Å². The first kappa shape index (κ1) is 41.9. The summed E-state index contributed by atoms with van der Waals surface area (Å²) in [5.74, 6) is -4.18. The predicted molar refractivity (Wildman–Crippen MR) is 192 cm³/mol. The van der Waals surface area contributed by atoms with Gasteiger partial charge in [-0.1, -0.05) is 39.0 Å². The van der Waals surface area contributed by atoms with Crippen molar-refractivity contribution < 1.29 is 65.6 Å². The average Bonchev–Trinajstić information content (AvgIpc) is 3.61. The van der Waals surface area contributed by atoms with Gasteiger partial charge in [-0.25, -0.2) is 9.59 Å². The molecule has 4 aliphatic carbocycles. The molecule has 0 spiro atoms. The zero-order valence-electron chi connectivity index (χ0n) is 33.2. The molecule has 6 rings (SSSR count). The second-order valence-corrected chi connectivity index (χ2v) is 17.8. The van der Waals surface area contributed by atoms with Crippen molar-refractivity contribution in [3.63, 3.8) is 0 Å².